The monoisotopic (exact) mass is 465 g/mol. The van der Waals surface area contributed by atoms with Crippen LogP contribution >= 0.6 is 0 Å². The zero-order valence-corrected chi connectivity index (χ0v) is 20.1. The summed E-state index contributed by atoms with van der Waals surface area (Å²) in [7, 11) is 0. The summed E-state index contributed by atoms with van der Waals surface area (Å²) in [5, 5.41) is 2.89. The number of ether oxygens (including phenoxy) is 1. The molecule has 1 heterocycles. The molecule has 34 heavy (non-hydrogen) atoms. The molecular formula is C27H35N3O4. The molecule has 0 spiro atoms. The van der Waals surface area contributed by atoms with E-state index < -0.39 is 6.04 Å². The minimum absolute atomic E-state index is 0.00271. The van der Waals surface area contributed by atoms with Crippen LogP contribution in [0.5, 0.6) is 5.75 Å². The minimum atomic E-state index is -0.567. The third-order valence-electron chi connectivity index (χ3n) is 6.16. The maximum Gasteiger partial charge on any atom is 0.246 e. The number of nitrogens with one attached hydrogen (secondary N) is 1. The molecule has 1 unspecified atom stereocenters. The first-order valence-electron chi connectivity index (χ1n) is 12.1. The summed E-state index contributed by atoms with van der Waals surface area (Å²) < 4.78 is 5.63. The van der Waals surface area contributed by atoms with Crippen LogP contribution in [0.2, 0.25) is 0 Å². The van der Waals surface area contributed by atoms with Crippen molar-refractivity contribution in [2.24, 2.45) is 5.92 Å². The van der Waals surface area contributed by atoms with Gasteiger partial charge < -0.3 is 19.9 Å². The van der Waals surface area contributed by atoms with Gasteiger partial charge in [-0.15, -0.1) is 0 Å². The van der Waals surface area contributed by atoms with Gasteiger partial charge in [0.1, 0.15) is 11.8 Å². The average Bonchev–Trinajstić information content (AvgIpc) is 2.87. The zero-order valence-electron chi connectivity index (χ0n) is 20.1. The van der Waals surface area contributed by atoms with Crippen LogP contribution in [-0.2, 0) is 14.4 Å². The molecule has 3 rings (SSSR count). The molecule has 1 aliphatic heterocycles. The molecule has 182 valence electrons. The Hall–Kier alpha value is -3.35. The number of hydrogen-bond donors (Lipinski definition) is 1. The Kier molecular flexibility index (Phi) is 9.50. The first kappa shape index (κ1) is 25.3. The third kappa shape index (κ3) is 7.07. The van der Waals surface area contributed by atoms with Crippen molar-refractivity contribution in [2.45, 2.75) is 45.6 Å². The number of benzene rings is 2. The number of amides is 3. The summed E-state index contributed by atoms with van der Waals surface area (Å²) >= 11 is 0. The summed E-state index contributed by atoms with van der Waals surface area (Å²) in [6.45, 7) is 5.73. The van der Waals surface area contributed by atoms with E-state index in [1.807, 2.05) is 72.5 Å². The molecule has 2 aromatic carbocycles. The minimum Gasteiger partial charge on any atom is -0.493 e. The maximum atomic E-state index is 13.3. The standard InChI is InChI=1S/C27H35N3O4/c1-3-17-30(21(2)26(32)28-23-10-6-4-7-11-23)27(33)22-14-18-29(19-15-22)25(31)16-20-34-24-12-8-5-9-13-24/h4-13,21-22H,3,14-20H2,1-2H3,(H,28,32). The van der Waals surface area contributed by atoms with Crippen molar-refractivity contribution in [2.75, 3.05) is 31.6 Å². The second-order valence-corrected chi connectivity index (χ2v) is 8.63. The lowest BCUT2D eigenvalue weighted by Gasteiger charge is -2.36. The van der Waals surface area contributed by atoms with Gasteiger partial charge in [0.2, 0.25) is 17.7 Å². The zero-order chi connectivity index (χ0) is 24.3. The van der Waals surface area contributed by atoms with E-state index in [1.54, 1.807) is 11.8 Å². The van der Waals surface area contributed by atoms with E-state index in [2.05, 4.69) is 5.32 Å². The molecule has 0 aromatic heterocycles. The predicted molar refractivity (Wildman–Crippen MR) is 132 cm³/mol. The Bertz CT molecular complexity index is 927. The van der Waals surface area contributed by atoms with E-state index in [-0.39, 0.29) is 23.6 Å². The molecule has 3 amide bonds. The van der Waals surface area contributed by atoms with Crippen LogP contribution in [0, 0.1) is 5.92 Å². The highest BCUT2D eigenvalue weighted by Crippen LogP contribution is 2.22. The smallest absolute Gasteiger partial charge is 0.246 e. The second kappa shape index (κ2) is 12.8. The lowest BCUT2D eigenvalue weighted by atomic mass is 9.94. The van der Waals surface area contributed by atoms with Gasteiger partial charge in [-0.25, -0.2) is 0 Å². The number of nitrogens with zero attached hydrogens (tertiary/aromatic N) is 2. The van der Waals surface area contributed by atoms with E-state index in [0.717, 1.165) is 12.2 Å². The number of anilines is 1. The fraction of sp³-hybridized carbons (Fsp3) is 0.444. The lowest BCUT2D eigenvalue weighted by Crippen LogP contribution is -2.50. The van der Waals surface area contributed by atoms with Gasteiger partial charge in [0.15, 0.2) is 0 Å². The van der Waals surface area contributed by atoms with Crippen molar-refractivity contribution in [3.63, 3.8) is 0 Å². The number of para-hydroxylation sites is 2. The van der Waals surface area contributed by atoms with Crippen molar-refractivity contribution in [1.29, 1.82) is 0 Å². The Labute approximate surface area is 202 Å². The summed E-state index contributed by atoms with van der Waals surface area (Å²) in [6, 6.07) is 18.1. The van der Waals surface area contributed by atoms with Crippen LogP contribution in [0.25, 0.3) is 0 Å². The number of hydrogen-bond acceptors (Lipinski definition) is 4. The van der Waals surface area contributed by atoms with Crippen molar-refractivity contribution < 1.29 is 19.1 Å². The van der Waals surface area contributed by atoms with Crippen molar-refractivity contribution >= 4 is 23.4 Å². The number of carbonyl (C=O) groups is 3. The van der Waals surface area contributed by atoms with Crippen LogP contribution in [0.3, 0.4) is 0 Å². The normalized spacial score (nSPS) is 14.8. The SMILES string of the molecule is CCCN(C(=O)C1CCN(C(=O)CCOc2ccccc2)CC1)C(C)C(=O)Nc1ccccc1. The van der Waals surface area contributed by atoms with Crippen LogP contribution in [0.15, 0.2) is 60.7 Å². The Morgan fingerprint density at radius 2 is 1.65 bits per heavy atom. The number of carbonyl (C=O) groups excluding carboxylic acids is 3. The van der Waals surface area contributed by atoms with Gasteiger partial charge in [0.25, 0.3) is 0 Å². The van der Waals surface area contributed by atoms with Crippen molar-refractivity contribution in [3.05, 3.63) is 60.7 Å². The number of likely N-dealkylation sites (tertiary alicyclic amines) is 1. The van der Waals surface area contributed by atoms with Crippen molar-refractivity contribution in [3.8, 4) is 5.75 Å². The molecule has 0 saturated carbocycles. The van der Waals surface area contributed by atoms with E-state index in [4.69, 9.17) is 4.74 Å². The molecule has 1 atom stereocenters. The fourth-order valence-electron chi connectivity index (χ4n) is 4.19. The Morgan fingerprint density at radius 1 is 1.03 bits per heavy atom. The Balaban J connectivity index is 1.48. The van der Waals surface area contributed by atoms with Crippen LogP contribution in [0.4, 0.5) is 5.69 Å². The highest BCUT2D eigenvalue weighted by Gasteiger charge is 2.33. The molecule has 0 bridgehead atoms. The highest BCUT2D eigenvalue weighted by molar-refractivity contribution is 5.97. The molecule has 0 aliphatic carbocycles. The second-order valence-electron chi connectivity index (χ2n) is 8.63. The molecule has 1 N–H and O–H groups in total. The average molecular weight is 466 g/mol. The molecule has 1 fully saturated rings. The predicted octanol–water partition coefficient (Wildman–Crippen LogP) is 3.96. The van der Waals surface area contributed by atoms with E-state index in [0.29, 0.717) is 51.2 Å². The molecular weight excluding hydrogens is 430 g/mol. The maximum absolute atomic E-state index is 13.3. The molecule has 2 aromatic rings. The highest BCUT2D eigenvalue weighted by atomic mass is 16.5. The number of piperidine rings is 1. The molecule has 0 radical (unpaired) electrons. The van der Waals surface area contributed by atoms with Crippen LogP contribution in [-0.4, -0.2) is 59.8 Å². The van der Waals surface area contributed by atoms with Crippen LogP contribution in [0.1, 0.15) is 39.5 Å². The van der Waals surface area contributed by atoms with Gasteiger partial charge in [-0.1, -0.05) is 43.3 Å². The summed E-state index contributed by atoms with van der Waals surface area (Å²) in [4.78, 5) is 42.2. The van der Waals surface area contributed by atoms with E-state index in [1.165, 1.54) is 0 Å². The largest absolute Gasteiger partial charge is 0.493 e. The fourth-order valence-corrected chi connectivity index (χ4v) is 4.19. The Morgan fingerprint density at radius 3 is 2.26 bits per heavy atom. The van der Waals surface area contributed by atoms with Crippen LogP contribution < -0.4 is 10.1 Å². The van der Waals surface area contributed by atoms with Crippen molar-refractivity contribution in [1.82, 2.24) is 9.80 Å². The van der Waals surface area contributed by atoms with Gasteiger partial charge in [-0.05, 0) is 50.5 Å². The summed E-state index contributed by atoms with van der Waals surface area (Å²) in [5.41, 5.74) is 0.714. The lowest BCUT2D eigenvalue weighted by molar-refractivity contribution is -0.144. The van der Waals surface area contributed by atoms with Gasteiger partial charge in [0.05, 0.1) is 13.0 Å². The van der Waals surface area contributed by atoms with Gasteiger partial charge >= 0.3 is 0 Å². The molecule has 7 nitrogen and oxygen atoms in total. The topological polar surface area (TPSA) is 79.0 Å². The van der Waals surface area contributed by atoms with Gasteiger partial charge in [0, 0.05) is 31.2 Å². The van der Waals surface area contributed by atoms with E-state index in [9.17, 15) is 14.4 Å². The number of rotatable bonds is 10. The summed E-state index contributed by atoms with van der Waals surface area (Å²) in [5.74, 6) is 0.420. The third-order valence-corrected chi connectivity index (χ3v) is 6.16. The van der Waals surface area contributed by atoms with Gasteiger partial charge in [-0.2, -0.15) is 0 Å². The first-order chi connectivity index (χ1) is 16.5. The molecule has 7 heteroatoms. The van der Waals surface area contributed by atoms with Gasteiger partial charge in [-0.3, -0.25) is 14.4 Å². The molecule has 1 aliphatic rings. The first-order valence-corrected chi connectivity index (χ1v) is 12.1. The quantitative estimate of drug-likeness (QED) is 0.576. The summed E-state index contributed by atoms with van der Waals surface area (Å²) in [6.07, 6.45) is 2.30. The molecule has 1 saturated heterocycles. The van der Waals surface area contributed by atoms with E-state index >= 15 is 0 Å².